The molecule has 1 aliphatic carbocycles. The molecule has 3 unspecified atom stereocenters. The predicted molar refractivity (Wildman–Crippen MR) is 83.9 cm³/mol. The summed E-state index contributed by atoms with van der Waals surface area (Å²) in [6.45, 7) is 4.57. The summed E-state index contributed by atoms with van der Waals surface area (Å²) in [5.41, 5.74) is 1.46. The van der Waals surface area contributed by atoms with Crippen LogP contribution in [0.3, 0.4) is 0 Å². The third-order valence-electron chi connectivity index (χ3n) is 4.59. The average Bonchev–Trinajstić information content (AvgIpc) is 2.97. The first-order chi connectivity index (χ1) is 9.76. The molecule has 108 valence electrons. The lowest BCUT2D eigenvalue weighted by atomic mass is 9.99. The van der Waals surface area contributed by atoms with Crippen LogP contribution in [-0.2, 0) is 6.42 Å². The summed E-state index contributed by atoms with van der Waals surface area (Å²) in [4.78, 5) is 6.89. The highest BCUT2D eigenvalue weighted by molar-refractivity contribution is 5.80. The average molecular weight is 271 g/mol. The SMILES string of the molecule is CN=C(NC1CC1C)N1CCC(Cc2ccccc2)C1. The Bertz CT molecular complexity index is 468. The van der Waals surface area contributed by atoms with Gasteiger partial charge in [-0.1, -0.05) is 37.3 Å². The third-order valence-corrected chi connectivity index (χ3v) is 4.59. The van der Waals surface area contributed by atoms with Crippen LogP contribution in [0.25, 0.3) is 0 Å². The zero-order valence-electron chi connectivity index (χ0n) is 12.5. The number of benzene rings is 1. The molecule has 3 atom stereocenters. The van der Waals surface area contributed by atoms with Crippen LogP contribution in [0.15, 0.2) is 35.3 Å². The van der Waals surface area contributed by atoms with Crippen LogP contribution >= 0.6 is 0 Å². The molecule has 1 saturated heterocycles. The van der Waals surface area contributed by atoms with Gasteiger partial charge in [0.15, 0.2) is 5.96 Å². The Labute approximate surface area is 122 Å². The summed E-state index contributed by atoms with van der Waals surface area (Å²) in [6.07, 6.45) is 3.75. The van der Waals surface area contributed by atoms with Gasteiger partial charge >= 0.3 is 0 Å². The van der Waals surface area contributed by atoms with Gasteiger partial charge in [0.1, 0.15) is 0 Å². The van der Waals surface area contributed by atoms with Crippen molar-refractivity contribution in [2.24, 2.45) is 16.8 Å². The summed E-state index contributed by atoms with van der Waals surface area (Å²) in [5, 5.41) is 3.59. The van der Waals surface area contributed by atoms with Crippen LogP contribution in [0.1, 0.15) is 25.3 Å². The zero-order valence-corrected chi connectivity index (χ0v) is 12.5. The van der Waals surface area contributed by atoms with Gasteiger partial charge < -0.3 is 10.2 Å². The van der Waals surface area contributed by atoms with E-state index in [0.29, 0.717) is 6.04 Å². The number of nitrogens with one attached hydrogen (secondary N) is 1. The molecule has 0 amide bonds. The van der Waals surface area contributed by atoms with E-state index < -0.39 is 0 Å². The van der Waals surface area contributed by atoms with Gasteiger partial charge in [-0.15, -0.1) is 0 Å². The van der Waals surface area contributed by atoms with Gasteiger partial charge in [0, 0.05) is 26.2 Å². The maximum Gasteiger partial charge on any atom is 0.193 e. The quantitative estimate of drug-likeness (QED) is 0.676. The Kier molecular flexibility index (Phi) is 3.95. The molecule has 0 spiro atoms. The van der Waals surface area contributed by atoms with E-state index in [1.54, 1.807) is 0 Å². The van der Waals surface area contributed by atoms with Gasteiger partial charge in [-0.05, 0) is 36.7 Å². The fourth-order valence-electron chi connectivity index (χ4n) is 3.13. The Morgan fingerprint density at radius 3 is 2.75 bits per heavy atom. The third kappa shape index (κ3) is 3.14. The van der Waals surface area contributed by atoms with Crippen LogP contribution in [0.5, 0.6) is 0 Å². The number of rotatable bonds is 3. The smallest absolute Gasteiger partial charge is 0.193 e. The minimum absolute atomic E-state index is 0.655. The lowest BCUT2D eigenvalue weighted by molar-refractivity contribution is 0.458. The molecular weight excluding hydrogens is 246 g/mol. The Hall–Kier alpha value is -1.51. The van der Waals surface area contributed by atoms with Gasteiger partial charge in [0.25, 0.3) is 0 Å². The molecule has 1 aliphatic heterocycles. The lowest BCUT2D eigenvalue weighted by Crippen LogP contribution is -2.41. The van der Waals surface area contributed by atoms with Crippen molar-refractivity contribution in [1.29, 1.82) is 0 Å². The van der Waals surface area contributed by atoms with Crippen LogP contribution in [0.4, 0.5) is 0 Å². The van der Waals surface area contributed by atoms with E-state index in [9.17, 15) is 0 Å². The van der Waals surface area contributed by atoms with Crippen molar-refractivity contribution in [2.45, 2.75) is 32.2 Å². The topological polar surface area (TPSA) is 27.6 Å². The first-order valence-corrected chi connectivity index (χ1v) is 7.78. The predicted octanol–water partition coefficient (Wildman–Crippen LogP) is 2.53. The first kappa shape index (κ1) is 13.5. The minimum atomic E-state index is 0.655. The van der Waals surface area contributed by atoms with Crippen LogP contribution in [-0.4, -0.2) is 37.0 Å². The second kappa shape index (κ2) is 5.86. The van der Waals surface area contributed by atoms with Crippen molar-refractivity contribution in [2.75, 3.05) is 20.1 Å². The van der Waals surface area contributed by atoms with Crippen molar-refractivity contribution in [3.63, 3.8) is 0 Å². The summed E-state index contributed by atoms with van der Waals surface area (Å²) >= 11 is 0. The summed E-state index contributed by atoms with van der Waals surface area (Å²) in [7, 11) is 1.90. The van der Waals surface area contributed by atoms with E-state index in [2.05, 4.69) is 52.5 Å². The highest BCUT2D eigenvalue weighted by Crippen LogP contribution is 2.29. The molecule has 1 aromatic rings. The molecule has 0 aromatic heterocycles. The number of guanidine groups is 1. The van der Waals surface area contributed by atoms with E-state index in [4.69, 9.17) is 0 Å². The Morgan fingerprint density at radius 2 is 2.10 bits per heavy atom. The van der Waals surface area contributed by atoms with Gasteiger partial charge in [-0.3, -0.25) is 4.99 Å². The standard InChI is InChI=1S/C17H25N3/c1-13-10-16(13)19-17(18-2)20-9-8-15(12-20)11-14-6-4-3-5-7-14/h3-7,13,15-16H,8-12H2,1-2H3,(H,18,19). The molecule has 3 heteroatoms. The maximum atomic E-state index is 4.46. The highest BCUT2D eigenvalue weighted by atomic mass is 15.3. The summed E-state index contributed by atoms with van der Waals surface area (Å²) in [6, 6.07) is 11.5. The fraction of sp³-hybridized carbons (Fsp3) is 0.588. The first-order valence-electron chi connectivity index (χ1n) is 7.78. The molecule has 0 bridgehead atoms. The minimum Gasteiger partial charge on any atom is -0.353 e. The molecule has 1 heterocycles. The van der Waals surface area contributed by atoms with Gasteiger partial charge in [0.05, 0.1) is 0 Å². The number of aliphatic imine (C=N–C) groups is 1. The second-order valence-electron chi connectivity index (χ2n) is 6.30. The second-order valence-corrected chi connectivity index (χ2v) is 6.30. The normalized spacial score (nSPS) is 29.6. The molecule has 0 radical (unpaired) electrons. The van der Waals surface area contributed by atoms with Crippen molar-refractivity contribution in [1.82, 2.24) is 10.2 Å². The lowest BCUT2D eigenvalue weighted by Gasteiger charge is -2.21. The number of nitrogens with zero attached hydrogens (tertiary/aromatic N) is 2. The van der Waals surface area contributed by atoms with Crippen molar-refractivity contribution in [3.8, 4) is 0 Å². The maximum absolute atomic E-state index is 4.46. The van der Waals surface area contributed by atoms with Crippen molar-refractivity contribution >= 4 is 5.96 Å². The van der Waals surface area contributed by atoms with Crippen molar-refractivity contribution in [3.05, 3.63) is 35.9 Å². The monoisotopic (exact) mass is 271 g/mol. The van der Waals surface area contributed by atoms with E-state index in [-0.39, 0.29) is 0 Å². The fourth-order valence-corrected chi connectivity index (χ4v) is 3.13. The van der Waals surface area contributed by atoms with Crippen molar-refractivity contribution < 1.29 is 0 Å². The highest BCUT2D eigenvalue weighted by Gasteiger charge is 2.35. The molecule has 3 rings (SSSR count). The molecule has 1 saturated carbocycles. The number of likely N-dealkylation sites (tertiary alicyclic amines) is 1. The Morgan fingerprint density at radius 1 is 1.35 bits per heavy atom. The van der Waals surface area contributed by atoms with E-state index >= 15 is 0 Å². The van der Waals surface area contributed by atoms with Crippen LogP contribution in [0.2, 0.25) is 0 Å². The molecular formula is C17H25N3. The van der Waals surface area contributed by atoms with Gasteiger partial charge in [-0.25, -0.2) is 0 Å². The van der Waals surface area contributed by atoms with Gasteiger partial charge in [-0.2, -0.15) is 0 Å². The molecule has 2 fully saturated rings. The molecule has 1 aromatic carbocycles. The largest absolute Gasteiger partial charge is 0.353 e. The Balaban J connectivity index is 1.53. The van der Waals surface area contributed by atoms with Crippen LogP contribution < -0.4 is 5.32 Å². The number of hydrogen-bond donors (Lipinski definition) is 1. The molecule has 1 N–H and O–H groups in total. The van der Waals surface area contributed by atoms with E-state index in [0.717, 1.165) is 30.9 Å². The van der Waals surface area contributed by atoms with E-state index in [1.807, 2.05) is 7.05 Å². The zero-order chi connectivity index (χ0) is 13.9. The molecule has 20 heavy (non-hydrogen) atoms. The summed E-state index contributed by atoms with van der Waals surface area (Å²) < 4.78 is 0. The van der Waals surface area contributed by atoms with Gasteiger partial charge in [0.2, 0.25) is 0 Å². The van der Waals surface area contributed by atoms with E-state index in [1.165, 1.54) is 24.8 Å². The van der Waals surface area contributed by atoms with Crippen LogP contribution in [0, 0.1) is 11.8 Å². The number of hydrogen-bond acceptors (Lipinski definition) is 1. The summed E-state index contributed by atoms with van der Waals surface area (Å²) in [5.74, 6) is 2.68. The molecule has 3 nitrogen and oxygen atoms in total. The molecule has 2 aliphatic rings.